The first kappa shape index (κ1) is 16.8. The van der Waals surface area contributed by atoms with Crippen molar-refractivity contribution >= 4 is 28.1 Å². The molecule has 3 rings (SSSR count). The van der Waals surface area contributed by atoms with Crippen LogP contribution in [0.1, 0.15) is 10.4 Å². The zero-order valence-corrected chi connectivity index (χ0v) is 14.6. The topological polar surface area (TPSA) is 86.5 Å². The van der Waals surface area contributed by atoms with Gasteiger partial charge >= 0.3 is 0 Å². The molecule has 0 spiro atoms. The highest BCUT2D eigenvalue weighted by atomic mass is 32.1. The molecule has 1 aromatic heterocycles. The van der Waals surface area contributed by atoms with E-state index in [1.807, 2.05) is 29.6 Å². The number of nitrogen functional groups attached to an aromatic ring is 1. The Labute approximate surface area is 149 Å². The number of ether oxygens (including phenoxy) is 2. The number of nitrogens with two attached hydrogens (primary N) is 1. The molecule has 0 aliphatic carbocycles. The van der Waals surface area contributed by atoms with E-state index in [0.29, 0.717) is 27.9 Å². The summed E-state index contributed by atoms with van der Waals surface area (Å²) in [6.45, 7) is 0. The van der Waals surface area contributed by atoms with E-state index in [0.717, 1.165) is 11.3 Å². The maximum absolute atomic E-state index is 12.5. The quantitative estimate of drug-likeness (QED) is 0.729. The first-order chi connectivity index (χ1) is 12.1. The lowest BCUT2D eigenvalue weighted by atomic mass is 10.1. The molecule has 1 heterocycles. The van der Waals surface area contributed by atoms with E-state index in [1.54, 1.807) is 32.4 Å². The Kier molecular flexibility index (Phi) is 4.85. The fraction of sp³-hybridized carbons (Fsp3) is 0.111. The molecule has 0 atom stereocenters. The number of thiazole rings is 1. The van der Waals surface area contributed by atoms with E-state index in [9.17, 15) is 4.79 Å². The number of nitrogens with zero attached hydrogens (tertiary/aromatic N) is 1. The summed E-state index contributed by atoms with van der Waals surface area (Å²) >= 11 is 1.38. The van der Waals surface area contributed by atoms with Gasteiger partial charge in [0, 0.05) is 28.3 Å². The van der Waals surface area contributed by atoms with Crippen molar-refractivity contribution in [2.24, 2.45) is 0 Å². The Morgan fingerprint density at radius 2 is 1.84 bits per heavy atom. The van der Waals surface area contributed by atoms with Crippen molar-refractivity contribution in [2.45, 2.75) is 0 Å². The van der Waals surface area contributed by atoms with Gasteiger partial charge in [0.1, 0.15) is 11.5 Å². The van der Waals surface area contributed by atoms with Crippen LogP contribution in [0.3, 0.4) is 0 Å². The molecule has 3 aromatic rings. The van der Waals surface area contributed by atoms with E-state index in [1.165, 1.54) is 11.3 Å². The van der Waals surface area contributed by atoms with Crippen LogP contribution in [-0.4, -0.2) is 25.1 Å². The Bertz CT molecular complexity index is 886. The first-order valence-electron chi connectivity index (χ1n) is 7.45. The van der Waals surface area contributed by atoms with E-state index in [-0.39, 0.29) is 5.91 Å². The zero-order valence-electron chi connectivity index (χ0n) is 13.8. The van der Waals surface area contributed by atoms with Crippen molar-refractivity contribution in [3.8, 4) is 22.8 Å². The summed E-state index contributed by atoms with van der Waals surface area (Å²) in [6.07, 6.45) is 0. The molecule has 0 aliphatic rings. The highest BCUT2D eigenvalue weighted by molar-refractivity contribution is 7.13. The van der Waals surface area contributed by atoms with Gasteiger partial charge in [-0.1, -0.05) is 12.1 Å². The van der Waals surface area contributed by atoms with Crippen molar-refractivity contribution in [1.82, 2.24) is 4.98 Å². The van der Waals surface area contributed by atoms with E-state index < -0.39 is 0 Å². The zero-order chi connectivity index (χ0) is 17.8. The van der Waals surface area contributed by atoms with Crippen molar-refractivity contribution < 1.29 is 14.3 Å². The van der Waals surface area contributed by atoms with Gasteiger partial charge in [-0.3, -0.25) is 4.79 Å². The average molecular weight is 355 g/mol. The lowest BCUT2D eigenvalue weighted by Crippen LogP contribution is -2.12. The number of nitrogens with one attached hydrogen (secondary N) is 1. The number of hydrogen-bond donors (Lipinski definition) is 2. The molecule has 0 radical (unpaired) electrons. The first-order valence-corrected chi connectivity index (χ1v) is 8.33. The number of carbonyl (C=O) groups excluding carboxylic acids is 1. The molecule has 0 unspecified atom stereocenters. The number of carbonyl (C=O) groups is 1. The molecule has 128 valence electrons. The normalized spacial score (nSPS) is 10.3. The van der Waals surface area contributed by atoms with Crippen LogP contribution in [0.25, 0.3) is 11.3 Å². The van der Waals surface area contributed by atoms with Gasteiger partial charge in [-0.15, -0.1) is 11.3 Å². The molecule has 0 saturated carbocycles. The molecule has 0 fully saturated rings. The van der Waals surface area contributed by atoms with Crippen LogP contribution in [0, 0.1) is 0 Å². The van der Waals surface area contributed by atoms with Gasteiger partial charge in [0.05, 0.1) is 19.9 Å². The second-order valence-corrected chi connectivity index (χ2v) is 6.10. The van der Waals surface area contributed by atoms with Gasteiger partial charge in [0.25, 0.3) is 5.91 Å². The van der Waals surface area contributed by atoms with Gasteiger partial charge in [-0.05, 0) is 24.3 Å². The van der Waals surface area contributed by atoms with Crippen LogP contribution in [0.5, 0.6) is 11.5 Å². The third kappa shape index (κ3) is 3.89. The number of rotatable bonds is 5. The molecular weight excluding hydrogens is 338 g/mol. The maximum atomic E-state index is 12.5. The standard InChI is InChI=1S/C18H17N3O3S/c1-23-14-7-12(8-15(9-14)24-2)17(22)20-13-5-3-4-11(6-13)16-10-25-18(19)21-16/h3-10H,1-2H3,(H2,19,21)(H,20,22). The predicted molar refractivity (Wildman–Crippen MR) is 99.5 cm³/mol. The number of amides is 1. The van der Waals surface area contributed by atoms with Crippen molar-refractivity contribution in [2.75, 3.05) is 25.3 Å². The van der Waals surface area contributed by atoms with Gasteiger partial charge in [0.15, 0.2) is 5.13 Å². The minimum absolute atomic E-state index is 0.257. The number of hydrogen-bond acceptors (Lipinski definition) is 6. The van der Waals surface area contributed by atoms with Crippen LogP contribution >= 0.6 is 11.3 Å². The Balaban J connectivity index is 1.84. The molecule has 6 nitrogen and oxygen atoms in total. The Morgan fingerprint density at radius 3 is 2.44 bits per heavy atom. The van der Waals surface area contributed by atoms with Gasteiger partial charge in [0.2, 0.25) is 0 Å². The summed E-state index contributed by atoms with van der Waals surface area (Å²) in [4.78, 5) is 16.8. The van der Waals surface area contributed by atoms with E-state index in [4.69, 9.17) is 15.2 Å². The molecule has 25 heavy (non-hydrogen) atoms. The predicted octanol–water partition coefficient (Wildman–Crippen LogP) is 3.66. The largest absolute Gasteiger partial charge is 0.497 e. The van der Waals surface area contributed by atoms with Crippen LogP contribution in [-0.2, 0) is 0 Å². The van der Waals surface area contributed by atoms with Crippen molar-refractivity contribution in [3.63, 3.8) is 0 Å². The number of benzene rings is 2. The fourth-order valence-corrected chi connectivity index (χ4v) is 2.89. The van der Waals surface area contributed by atoms with Crippen LogP contribution in [0.2, 0.25) is 0 Å². The van der Waals surface area contributed by atoms with Crippen LogP contribution < -0.4 is 20.5 Å². The molecule has 2 aromatic carbocycles. The highest BCUT2D eigenvalue weighted by Gasteiger charge is 2.11. The number of aromatic nitrogens is 1. The molecule has 3 N–H and O–H groups in total. The van der Waals surface area contributed by atoms with Gasteiger partial charge < -0.3 is 20.5 Å². The summed E-state index contributed by atoms with van der Waals surface area (Å²) in [5.74, 6) is 0.847. The summed E-state index contributed by atoms with van der Waals surface area (Å²) in [7, 11) is 3.08. The lowest BCUT2D eigenvalue weighted by molar-refractivity contribution is 0.102. The van der Waals surface area contributed by atoms with E-state index in [2.05, 4.69) is 10.3 Å². The average Bonchev–Trinajstić information content (AvgIpc) is 3.08. The van der Waals surface area contributed by atoms with Crippen molar-refractivity contribution in [3.05, 3.63) is 53.4 Å². The van der Waals surface area contributed by atoms with Crippen LogP contribution in [0.4, 0.5) is 10.8 Å². The fourth-order valence-electron chi connectivity index (χ4n) is 2.32. The SMILES string of the molecule is COc1cc(OC)cc(C(=O)Nc2cccc(-c3csc(N)n3)c2)c1. The van der Waals surface area contributed by atoms with E-state index >= 15 is 0 Å². The Morgan fingerprint density at radius 1 is 1.12 bits per heavy atom. The summed E-state index contributed by atoms with van der Waals surface area (Å²) < 4.78 is 10.4. The van der Waals surface area contributed by atoms with Gasteiger partial charge in [-0.2, -0.15) is 0 Å². The molecule has 0 saturated heterocycles. The summed E-state index contributed by atoms with van der Waals surface area (Å²) in [5, 5.41) is 5.26. The second-order valence-electron chi connectivity index (χ2n) is 5.21. The molecular formula is C18H17N3O3S. The molecule has 0 aliphatic heterocycles. The van der Waals surface area contributed by atoms with Gasteiger partial charge in [-0.25, -0.2) is 4.98 Å². The monoisotopic (exact) mass is 355 g/mol. The lowest BCUT2D eigenvalue weighted by Gasteiger charge is -2.10. The molecule has 0 bridgehead atoms. The second kappa shape index (κ2) is 7.23. The third-order valence-corrected chi connectivity index (χ3v) is 4.23. The maximum Gasteiger partial charge on any atom is 0.255 e. The highest BCUT2D eigenvalue weighted by Crippen LogP contribution is 2.26. The minimum atomic E-state index is -0.257. The van der Waals surface area contributed by atoms with Crippen molar-refractivity contribution in [1.29, 1.82) is 0 Å². The third-order valence-electron chi connectivity index (χ3n) is 3.55. The van der Waals surface area contributed by atoms with Crippen LogP contribution in [0.15, 0.2) is 47.8 Å². The number of methoxy groups -OCH3 is 2. The molecule has 1 amide bonds. The number of anilines is 2. The summed E-state index contributed by atoms with van der Waals surface area (Å²) in [5.41, 5.74) is 8.45. The Hall–Kier alpha value is -3.06. The minimum Gasteiger partial charge on any atom is -0.497 e. The molecule has 7 heteroatoms. The smallest absolute Gasteiger partial charge is 0.255 e. The summed E-state index contributed by atoms with van der Waals surface area (Å²) in [6, 6.07) is 12.5.